The van der Waals surface area contributed by atoms with Gasteiger partial charge in [-0.2, -0.15) is 0 Å². The van der Waals surface area contributed by atoms with Gasteiger partial charge in [0.25, 0.3) is 0 Å². The average molecular weight is 311 g/mol. The molecule has 0 aliphatic heterocycles. The molecule has 0 saturated heterocycles. The molecule has 4 rings (SSSR count). The smallest absolute Gasteiger partial charge is 0.197 e. The van der Waals surface area contributed by atoms with Gasteiger partial charge < -0.3 is 4.57 Å². The molecule has 2 heteroatoms. The van der Waals surface area contributed by atoms with Crippen molar-refractivity contribution in [2.75, 3.05) is 0 Å². The molecule has 116 valence electrons. The van der Waals surface area contributed by atoms with Gasteiger partial charge in [0.1, 0.15) is 0 Å². The first-order valence-corrected chi connectivity index (χ1v) is 7.99. The van der Waals surface area contributed by atoms with Gasteiger partial charge in [0, 0.05) is 17.3 Å². The molecular weight excluding hydrogens is 294 g/mol. The van der Waals surface area contributed by atoms with E-state index in [1.807, 2.05) is 54.6 Å². The molecule has 1 heterocycles. The van der Waals surface area contributed by atoms with Crippen LogP contribution in [-0.2, 0) is 6.54 Å². The van der Waals surface area contributed by atoms with Crippen molar-refractivity contribution in [1.29, 1.82) is 0 Å². The number of fused-ring (bicyclic) bond motifs is 2. The van der Waals surface area contributed by atoms with E-state index in [1.54, 1.807) is 0 Å². The maximum atomic E-state index is 12.8. The van der Waals surface area contributed by atoms with Gasteiger partial charge in [0.05, 0.1) is 11.0 Å². The standard InChI is InChI=1S/C22H17NO/c1-2-16-11-13-17(14-12-16)15-23-20-9-5-3-7-18(20)22(24)19-8-4-6-10-21(19)23/h2-14H,1,15H2. The van der Waals surface area contributed by atoms with Crippen molar-refractivity contribution in [2.45, 2.75) is 6.54 Å². The quantitative estimate of drug-likeness (QED) is 0.496. The molecule has 0 N–H and O–H groups in total. The predicted molar refractivity (Wildman–Crippen MR) is 101 cm³/mol. The van der Waals surface area contributed by atoms with Crippen LogP contribution in [0.4, 0.5) is 0 Å². The van der Waals surface area contributed by atoms with Gasteiger partial charge in [-0.1, -0.05) is 61.2 Å². The van der Waals surface area contributed by atoms with Crippen molar-refractivity contribution in [3.05, 3.63) is 101 Å². The molecule has 0 bridgehead atoms. The fourth-order valence-corrected chi connectivity index (χ4v) is 3.19. The largest absolute Gasteiger partial charge is 0.336 e. The number of pyridine rings is 1. The van der Waals surface area contributed by atoms with Crippen molar-refractivity contribution >= 4 is 27.9 Å². The van der Waals surface area contributed by atoms with Crippen LogP contribution in [0.2, 0.25) is 0 Å². The van der Waals surface area contributed by atoms with E-state index in [0.29, 0.717) is 0 Å². The van der Waals surface area contributed by atoms with E-state index in [-0.39, 0.29) is 5.43 Å². The third-order valence-electron chi connectivity index (χ3n) is 4.44. The number of aromatic nitrogens is 1. The van der Waals surface area contributed by atoms with E-state index in [4.69, 9.17) is 0 Å². The van der Waals surface area contributed by atoms with Crippen molar-refractivity contribution in [3.63, 3.8) is 0 Å². The van der Waals surface area contributed by atoms with E-state index < -0.39 is 0 Å². The van der Waals surface area contributed by atoms with E-state index >= 15 is 0 Å². The Balaban J connectivity index is 1.99. The summed E-state index contributed by atoms with van der Waals surface area (Å²) in [4.78, 5) is 12.8. The second kappa shape index (κ2) is 5.82. The van der Waals surface area contributed by atoms with Gasteiger partial charge in [-0.3, -0.25) is 4.79 Å². The third-order valence-corrected chi connectivity index (χ3v) is 4.44. The van der Waals surface area contributed by atoms with Crippen LogP contribution in [-0.4, -0.2) is 4.57 Å². The fourth-order valence-electron chi connectivity index (χ4n) is 3.19. The zero-order chi connectivity index (χ0) is 16.5. The lowest BCUT2D eigenvalue weighted by molar-refractivity contribution is 0.862. The van der Waals surface area contributed by atoms with Crippen LogP contribution in [0.1, 0.15) is 11.1 Å². The minimum Gasteiger partial charge on any atom is -0.336 e. The van der Waals surface area contributed by atoms with Crippen LogP contribution in [0, 0.1) is 0 Å². The van der Waals surface area contributed by atoms with Crippen molar-refractivity contribution in [1.82, 2.24) is 4.57 Å². The Bertz CT molecular complexity index is 1040. The number of nitrogens with zero attached hydrogens (tertiary/aromatic N) is 1. The molecular formula is C22H17NO. The lowest BCUT2D eigenvalue weighted by Crippen LogP contribution is -2.12. The van der Waals surface area contributed by atoms with Crippen LogP contribution in [0.5, 0.6) is 0 Å². The highest BCUT2D eigenvalue weighted by molar-refractivity contribution is 5.93. The second-order valence-corrected chi connectivity index (χ2v) is 5.90. The van der Waals surface area contributed by atoms with Crippen LogP contribution >= 0.6 is 0 Å². The van der Waals surface area contributed by atoms with Gasteiger partial charge in [-0.05, 0) is 35.4 Å². The Morgan fingerprint density at radius 2 is 1.33 bits per heavy atom. The molecule has 0 saturated carbocycles. The molecule has 24 heavy (non-hydrogen) atoms. The molecule has 0 atom stereocenters. The summed E-state index contributed by atoms with van der Waals surface area (Å²) in [5, 5.41) is 1.53. The first-order chi connectivity index (χ1) is 11.8. The molecule has 0 radical (unpaired) electrons. The number of hydrogen-bond donors (Lipinski definition) is 0. The van der Waals surface area contributed by atoms with Gasteiger partial charge in [-0.25, -0.2) is 0 Å². The number of benzene rings is 3. The number of rotatable bonds is 3. The number of para-hydroxylation sites is 2. The summed E-state index contributed by atoms with van der Waals surface area (Å²) < 4.78 is 2.22. The molecule has 0 fully saturated rings. The number of hydrogen-bond acceptors (Lipinski definition) is 1. The van der Waals surface area contributed by atoms with Gasteiger partial charge in [-0.15, -0.1) is 0 Å². The molecule has 4 aromatic rings. The topological polar surface area (TPSA) is 22.0 Å². The molecule has 0 aliphatic rings. The van der Waals surface area contributed by atoms with E-state index in [9.17, 15) is 4.79 Å². The van der Waals surface area contributed by atoms with Gasteiger partial charge in [0.15, 0.2) is 5.43 Å². The highest BCUT2D eigenvalue weighted by atomic mass is 16.1. The lowest BCUT2D eigenvalue weighted by atomic mass is 10.1. The van der Waals surface area contributed by atoms with Crippen molar-refractivity contribution < 1.29 is 0 Å². The van der Waals surface area contributed by atoms with Gasteiger partial charge in [0.2, 0.25) is 0 Å². The minimum absolute atomic E-state index is 0.0967. The molecule has 3 aromatic carbocycles. The highest BCUT2D eigenvalue weighted by Crippen LogP contribution is 2.20. The Hall–Kier alpha value is -3.13. The lowest BCUT2D eigenvalue weighted by Gasteiger charge is -2.15. The maximum Gasteiger partial charge on any atom is 0.197 e. The third kappa shape index (κ3) is 2.33. The second-order valence-electron chi connectivity index (χ2n) is 5.90. The molecule has 0 aliphatic carbocycles. The highest BCUT2D eigenvalue weighted by Gasteiger charge is 2.10. The summed E-state index contributed by atoms with van der Waals surface area (Å²) in [5.41, 5.74) is 4.33. The maximum absolute atomic E-state index is 12.8. The van der Waals surface area contributed by atoms with Crippen LogP contribution in [0.25, 0.3) is 27.9 Å². The Morgan fingerprint density at radius 3 is 1.88 bits per heavy atom. The monoisotopic (exact) mass is 311 g/mol. The molecule has 0 spiro atoms. The summed E-state index contributed by atoms with van der Waals surface area (Å²) >= 11 is 0. The van der Waals surface area contributed by atoms with E-state index in [1.165, 1.54) is 5.56 Å². The van der Waals surface area contributed by atoms with Crippen LogP contribution < -0.4 is 5.43 Å². The Labute approximate surface area is 140 Å². The van der Waals surface area contributed by atoms with Crippen molar-refractivity contribution in [2.24, 2.45) is 0 Å². The molecule has 2 nitrogen and oxygen atoms in total. The summed E-state index contributed by atoms with van der Waals surface area (Å²) in [6.45, 7) is 4.52. The fraction of sp³-hybridized carbons (Fsp3) is 0.0455. The SMILES string of the molecule is C=Cc1ccc(Cn2c3ccccc3c(=O)c3ccccc32)cc1. The first kappa shape index (κ1) is 14.5. The zero-order valence-corrected chi connectivity index (χ0v) is 13.3. The molecule has 1 aromatic heterocycles. The van der Waals surface area contributed by atoms with E-state index in [2.05, 4.69) is 35.4 Å². The van der Waals surface area contributed by atoms with E-state index in [0.717, 1.165) is 33.9 Å². The minimum atomic E-state index is 0.0967. The Kier molecular flexibility index (Phi) is 3.51. The predicted octanol–water partition coefficient (Wildman–Crippen LogP) is 4.85. The van der Waals surface area contributed by atoms with Gasteiger partial charge >= 0.3 is 0 Å². The summed E-state index contributed by atoms with van der Waals surface area (Å²) in [6.07, 6.45) is 1.84. The first-order valence-electron chi connectivity index (χ1n) is 7.99. The normalized spacial score (nSPS) is 11.0. The zero-order valence-electron chi connectivity index (χ0n) is 13.3. The summed E-state index contributed by atoms with van der Waals surface area (Å²) in [5.74, 6) is 0. The van der Waals surface area contributed by atoms with Crippen molar-refractivity contribution in [3.8, 4) is 0 Å². The summed E-state index contributed by atoms with van der Waals surface area (Å²) in [7, 11) is 0. The molecule has 0 amide bonds. The van der Waals surface area contributed by atoms with Crippen LogP contribution in [0.3, 0.4) is 0 Å². The average Bonchev–Trinajstić information content (AvgIpc) is 2.65. The Morgan fingerprint density at radius 1 is 0.792 bits per heavy atom. The molecule has 0 unspecified atom stereocenters. The van der Waals surface area contributed by atoms with Crippen LogP contribution in [0.15, 0.2) is 84.2 Å². The summed E-state index contributed by atoms with van der Waals surface area (Å²) in [6, 6.07) is 24.0.